The highest BCUT2D eigenvalue weighted by Crippen LogP contribution is 2.42. The van der Waals surface area contributed by atoms with Crippen molar-refractivity contribution in [1.82, 2.24) is 9.47 Å². The van der Waals surface area contributed by atoms with Gasteiger partial charge < -0.3 is 4.90 Å². The Morgan fingerprint density at radius 3 is 1.75 bits per heavy atom. The lowest BCUT2D eigenvalue weighted by molar-refractivity contribution is -0.131. The summed E-state index contributed by atoms with van der Waals surface area (Å²) < 4.78 is 1.83. The maximum absolute atomic E-state index is 13.9. The van der Waals surface area contributed by atoms with Gasteiger partial charge in [0.1, 0.15) is 5.54 Å². The summed E-state index contributed by atoms with van der Waals surface area (Å²) in [6, 6.07) is 13.1. The number of benzene rings is 1. The number of imide groups is 1. The normalized spacial score (nSPS) is 16.9. The van der Waals surface area contributed by atoms with E-state index in [1.165, 1.54) is 0 Å². The highest BCUT2D eigenvalue weighted by atomic mass is 28.3. The van der Waals surface area contributed by atoms with E-state index in [0.29, 0.717) is 19.4 Å². The summed E-state index contributed by atoms with van der Waals surface area (Å²) in [5, 5.41) is 0. The van der Waals surface area contributed by atoms with Crippen LogP contribution in [0.3, 0.4) is 0 Å². The Morgan fingerprint density at radius 1 is 0.821 bits per heavy atom. The van der Waals surface area contributed by atoms with Crippen LogP contribution in [0.15, 0.2) is 30.3 Å². The van der Waals surface area contributed by atoms with Crippen LogP contribution in [-0.2, 0) is 11.3 Å². The number of hydrogen-bond acceptors (Lipinski definition) is 2. The standard InChI is InChI=1S/C23H38N2O2Si/c1-6-16-28(17-7-2,18-8-3)25-21(26)23(9-4,10-5)24(22(25)27)19-20-14-12-11-13-15-20/h11-15H,6-10,16-19H2,1-5H3. The van der Waals surface area contributed by atoms with Crippen LogP contribution in [0.2, 0.25) is 18.1 Å². The SMILES string of the molecule is CCC[Si](CCC)(CCC)N1C(=O)N(Cc2ccccc2)C(CC)(CC)C1=O. The van der Waals surface area contributed by atoms with Gasteiger partial charge in [-0.25, -0.2) is 4.79 Å². The Bertz CT molecular complexity index is 641. The fourth-order valence-corrected chi connectivity index (χ4v) is 10.5. The summed E-state index contributed by atoms with van der Waals surface area (Å²) in [6.07, 6.45) is 4.45. The van der Waals surface area contributed by atoms with Crippen LogP contribution in [0.1, 0.15) is 72.3 Å². The highest BCUT2D eigenvalue weighted by Gasteiger charge is 2.60. The third-order valence-corrected chi connectivity index (χ3v) is 12.1. The lowest BCUT2D eigenvalue weighted by Crippen LogP contribution is -2.57. The lowest BCUT2D eigenvalue weighted by atomic mass is 9.91. The van der Waals surface area contributed by atoms with Gasteiger partial charge in [-0.1, -0.05) is 84.2 Å². The highest BCUT2D eigenvalue weighted by molar-refractivity contribution is 6.81. The van der Waals surface area contributed by atoms with Gasteiger partial charge in [0, 0.05) is 6.54 Å². The van der Waals surface area contributed by atoms with Crippen molar-refractivity contribution in [2.75, 3.05) is 0 Å². The van der Waals surface area contributed by atoms with E-state index in [1.807, 2.05) is 39.8 Å². The summed E-state index contributed by atoms with van der Waals surface area (Å²) in [4.78, 5) is 29.6. The molecule has 0 spiro atoms. The summed E-state index contributed by atoms with van der Waals surface area (Å²) >= 11 is 0. The molecule has 1 aliphatic heterocycles. The lowest BCUT2D eigenvalue weighted by Gasteiger charge is -2.38. The minimum Gasteiger partial charge on any atom is -0.306 e. The van der Waals surface area contributed by atoms with Crippen molar-refractivity contribution < 1.29 is 9.59 Å². The topological polar surface area (TPSA) is 40.6 Å². The second-order valence-electron chi connectivity index (χ2n) is 8.21. The van der Waals surface area contributed by atoms with Gasteiger partial charge in [0.05, 0.1) is 0 Å². The van der Waals surface area contributed by atoms with Gasteiger partial charge in [-0.3, -0.25) is 9.36 Å². The predicted octanol–water partition coefficient (Wildman–Crippen LogP) is 6.19. The molecule has 1 aliphatic rings. The van der Waals surface area contributed by atoms with Crippen LogP contribution in [0.25, 0.3) is 0 Å². The molecule has 156 valence electrons. The second-order valence-corrected chi connectivity index (χ2v) is 12.6. The van der Waals surface area contributed by atoms with Crippen LogP contribution in [-0.4, -0.2) is 35.2 Å². The Labute approximate surface area is 172 Å². The third kappa shape index (κ3) is 3.91. The number of amides is 3. The molecule has 0 saturated carbocycles. The molecule has 0 aromatic heterocycles. The zero-order valence-electron chi connectivity index (χ0n) is 18.5. The van der Waals surface area contributed by atoms with E-state index in [2.05, 4.69) is 34.6 Å². The molecule has 0 atom stereocenters. The molecule has 1 saturated heterocycles. The molecule has 0 radical (unpaired) electrons. The number of rotatable bonds is 11. The van der Waals surface area contributed by atoms with E-state index in [9.17, 15) is 9.59 Å². The number of carbonyl (C=O) groups excluding carboxylic acids is 2. The zero-order valence-corrected chi connectivity index (χ0v) is 19.5. The molecule has 4 nitrogen and oxygen atoms in total. The Balaban J connectivity index is 2.53. The Morgan fingerprint density at radius 2 is 1.32 bits per heavy atom. The van der Waals surface area contributed by atoms with E-state index in [0.717, 1.165) is 43.0 Å². The van der Waals surface area contributed by atoms with Crippen molar-refractivity contribution in [3.05, 3.63) is 35.9 Å². The first kappa shape index (κ1) is 22.7. The molecule has 0 unspecified atom stereocenters. The number of carbonyl (C=O) groups is 2. The zero-order chi connectivity index (χ0) is 20.8. The van der Waals surface area contributed by atoms with Gasteiger partial charge in [-0.15, -0.1) is 0 Å². The third-order valence-electron chi connectivity index (χ3n) is 6.51. The first-order valence-electron chi connectivity index (χ1n) is 11.2. The first-order chi connectivity index (χ1) is 13.5. The molecule has 1 heterocycles. The van der Waals surface area contributed by atoms with Gasteiger partial charge in [0.2, 0.25) is 5.91 Å². The van der Waals surface area contributed by atoms with Crippen molar-refractivity contribution >= 4 is 20.2 Å². The molecule has 28 heavy (non-hydrogen) atoms. The molecule has 0 bridgehead atoms. The average molecular weight is 403 g/mol. The van der Waals surface area contributed by atoms with Crippen molar-refractivity contribution in [2.24, 2.45) is 0 Å². The average Bonchev–Trinajstić information content (AvgIpc) is 2.90. The van der Waals surface area contributed by atoms with E-state index in [1.54, 1.807) is 0 Å². The van der Waals surface area contributed by atoms with E-state index >= 15 is 0 Å². The molecule has 0 aliphatic carbocycles. The Kier molecular flexibility index (Phi) is 7.87. The minimum absolute atomic E-state index is 0.0282. The molecule has 0 N–H and O–H groups in total. The van der Waals surface area contributed by atoms with Gasteiger partial charge in [-0.05, 0) is 36.5 Å². The monoisotopic (exact) mass is 402 g/mol. The van der Waals surface area contributed by atoms with E-state index in [4.69, 9.17) is 0 Å². The van der Waals surface area contributed by atoms with Gasteiger partial charge >= 0.3 is 6.03 Å². The maximum atomic E-state index is 13.9. The fourth-order valence-electron chi connectivity index (χ4n) is 5.16. The summed E-state index contributed by atoms with van der Waals surface area (Å²) in [5.74, 6) is 0.0837. The molecule has 3 amide bonds. The van der Waals surface area contributed by atoms with Crippen molar-refractivity contribution in [3.8, 4) is 0 Å². The van der Waals surface area contributed by atoms with Crippen LogP contribution in [0.5, 0.6) is 0 Å². The van der Waals surface area contributed by atoms with Gasteiger partial charge in [0.15, 0.2) is 8.24 Å². The van der Waals surface area contributed by atoms with Crippen LogP contribution in [0, 0.1) is 0 Å². The van der Waals surface area contributed by atoms with E-state index in [-0.39, 0.29) is 11.9 Å². The van der Waals surface area contributed by atoms with Crippen LogP contribution >= 0.6 is 0 Å². The second kappa shape index (κ2) is 9.73. The largest absolute Gasteiger partial charge is 0.319 e. The van der Waals surface area contributed by atoms with Gasteiger partial charge in [0.25, 0.3) is 0 Å². The summed E-state index contributed by atoms with van der Waals surface area (Å²) in [6.45, 7) is 11.2. The number of urea groups is 1. The molecule has 5 heteroatoms. The van der Waals surface area contributed by atoms with Crippen molar-refractivity contribution in [2.45, 2.75) is 96.9 Å². The molecule has 2 rings (SSSR count). The first-order valence-corrected chi connectivity index (χ1v) is 13.7. The summed E-state index contributed by atoms with van der Waals surface area (Å²) in [7, 11) is -2.18. The van der Waals surface area contributed by atoms with E-state index < -0.39 is 13.8 Å². The number of hydrogen-bond donors (Lipinski definition) is 0. The van der Waals surface area contributed by atoms with Gasteiger partial charge in [-0.2, -0.15) is 0 Å². The van der Waals surface area contributed by atoms with Crippen LogP contribution in [0.4, 0.5) is 4.79 Å². The molecule has 1 fully saturated rings. The smallest absolute Gasteiger partial charge is 0.306 e. The number of nitrogens with zero attached hydrogens (tertiary/aromatic N) is 2. The van der Waals surface area contributed by atoms with Crippen molar-refractivity contribution in [1.29, 1.82) is 0 Å². The summed E-state index contributed by atoms with van der Waals surface area (Å²) in [5.41, 5.74) is 0.394. The molecular formula is C23H38N2O2Si. The quantitative estimate of drug-likeness (QED) is 0.327. The molecular weight excluding hydrogens is 364 g/mol. The van der Waals surface area contributed by atoms with Crippen molar-refractivity contribution in [3.63, 3.8) is 0 Å². The minimum atomic E-state index is -2.18. The maximum Gasteiger partial charge on any atom is 0.319 e. The Hall–Kier alpha value is -1.62. The van der Waals surface area contributed by atoms with Crippen LogP contribution < -0.4 is 0 Å². The predicted molar refractivity (Wildman–Crippen MR) is 119 cm³/mol. The molecule has 1 aromatic carbocycles. The fraction of sp³-hybridized carbons (Fsp3) is 0.652. The molecule has 1 aromatic rings.